The Hall–Kier alpha value is -2.30. The quantitative estimate of drug-likeness (QED) is 0.299. The molecule has 0 bridgehead atoms. The maximum absolute atomic E-state index is 3.56. The molecule has 0 N–H and O–H groups in total. The van der Waals surface area contributed by atoms with Gasteiger partial charge in [0.05, 0.1) is 0 Å². The van der Waals surface area contributed by atoms with Crippen molar-refractivity contribution in [3.05, 3.63) is 100 Å². The van der Waals surface area contributed by atoms with Crippen LogP contribution in [0, 0.1) is 48.5 Å². The molecule has 0 unspecified atom stereocenters. The molecule has 2 aromatic rings. The first-order valence-electron chi connectivity index (χ1n) is 11.0. The van der Waals surface area contributed by atoms with Crippen molar-refractivity contribution < 1.29 is 0 Å². The average molecular weight is 411 g/mol. The molecule has 0 heteroatoms. The van der Waals surface area contributed by atoms with Gasteiger partial charge in [-0.2, -0.15) is 0 Å². The molecule has 170 valence electrons. The lowest BCUT2D eigenvalue weighted by molar-refractivity contribution is 1.18. The Labute approximate surface area is 190 Å². The van der Waals surface area contributed by atoms with Crippen molar-refractivity contribution in [2.45, 2.75) is 90.0 Å². The van der Waals surface area contributed by atoms with Crippen LogP contribution >= 0.6 is 0 Å². The zero-order valence-electron chi connectivity index (χ0n) is 22.5. The van der Waals surface area contributed by atoms with Gasteiger partial charge in [0.1, 0.15) is 0 Å². The molecule has 2 rings (SSSR count). The molecule has 2 aromatic carbocycles. The highest BCUT2D eigenvalue weighted by Gasteiger charge is 2.02. The maximum atomic E-state index is 3.56. The van der Waals surface area contributed by atoms with Crippen molar-refractivity contribution in [1.82, 2.24) is 0 Å². The summed E-state index contributed by atoms with van der Waals surface area (Å²) in [5.41, 5.74) is 13.2. The van der Waals surface area contributed by atoms with Crippen molar-refractivity contribution in [1.29, 1.82) is 0 Å². The van der Waals surface area contributed by atoms with Crippen LogP contribution in [0.4, 0.5) is 0 Å². The maximum Gasteiger partial charge on any atom is -0.0392 e. The first-order chi connectivity index (χ1) is 14.0. The van der Waals surface area contributed by atoms with Crippen molar-refractivity contribution in [2.75, 3.05) is 0 Å². The highest BCUT2D eigenvalue weighted by molar-refractivity contribution is 5.42. The number of benzene rings is 2. The van der Waals surface area contributed by atoms with Gasteiger partial charge in [-0.15, -0.1) is 12.3 Å². The summed E-state index contributed by atoms with van der Waals surface area (Å²) in [6.07, 6.45) is 0. The minimum absolute atomic E-state index is 1.17. The second-order valence-electron chi connectivity index (χ2n) is 7.00. The van der Waals surface area contributed by atoms with Crippen LogP contribution in [0.1, 0.15) is 80.5 Å². The molecule has 0 amide bonds. The van der Waals surface area contributed by atoms with Crippen LogP contribution in [0.2, 0.25) is 0 Å². The monoisotopic (exact) mass is 410 g/mol. The molecule has 0 saturated heterocycles. The van der Waals surface area contributed by atoms with Gasteiger partial charge in [-0.1, -0.05) is 87.9 Å². The molecule has 0 aliphatic carbocycles. The lowest BCUT2D eigenvalue weighted by Gasteiger charge is -2.10. The van der Waals surface area contributed by atoms with E-state index in [0.29, 0.717) is 0 Å². The van der Waals surface area contributed by atoms with E-state index in [0.717, 1.165) is 0 Å². The van der Waals surface area contributed by atoms with E-state index in [1.807, 2.05) is 41.5 Å². The number of hydrogen-bond acceptors (Lipinski definition) is 0. The number of rotatable bonds is 0. The van der Waals surface area contributed by atoms with Gasteiger partial charge in [-0.3, -0.25) is 0 Å². The van der Waals surface area contributed by atoms with Crippen molar-refractivity contribution in [2.24, 2.45) is 0 Å². The van der Waals surface area contributed by atoms with Gasteiger partial charge < -0.3 is 0 Å². The summed E-state index contributed by atoms with van der Waals surface area (Å²) in [6.45, 7) is 36.9. The summed E-state index contributed by atoms with van der Waals surface area (Å²) in [6, 6.07) is 10.7. The van der Waals surface area contributed by atoms with Crippen molar-refractivity contribution in [3.63, 3.8) is 0 Å². The SMILES string of the molecule is C=C(C)C.C=C=C.CC.CC.Cc1cc(C)c(C)c(C)c1C.Cc1cccc(C)c1. The minimum atomic E-state index is 1.17. The largest absolute Gasteiger partial charge is 0.137 e. The van der Waals surface area contributed by atoms with Crippen LogP contribution in [0.5, 0.6) is 0 Å². The molecule has 0 aliphatic rings. The molecule has 0 spiro atoms. The molecule has 0 saturated carbocycles. The predicted octanol–water partition coefficient (Wildman–Crippen LogP) is 10.1. The standard InChI is InChI=1S/C11H16.C8H10.C4H8.C3H4.2C2H6/c1-7-6-8(2)10(4)11(5)9(7)3;1-7-4-3-5-8(2)6-7;1-4(2)3;1-3-2;2*1-2/h6H,1-5H3;3-6H,1-2H3;1H2,2-3H3;1-2H2;2*1-2H3. The Morgan fingerprint density at radius 2 is 0.900 bits per heavy atom. The molecule has 0 aromatic heterocycles. The number of hydrogen-bond donors (Lipinski definition) is 0. The zero-order valence-corrected chi connectivity index (χ0v) is 22.5. The van der Waals surface area contributed by atoms with E-state index in [1.54, 1.807) is 0 Å². The fourth-order valence-corrected chi connectivity index (χ4v) is 2.22. The van der Waals surface area contributed by atoms with E-state index >= 15 is 0 Å². The summed E-state index contributed by atoms with van der Waals surface area (Å²) in [5, 5.41) is 0. The Morgan fingerprint density at radius 1 is 0.633 bits per heavy atom. The first-order valence-corrected chi connectivity index (χ1v) is 11.0. The smallest absolute Gasteiger partial charge is 0.0392 e. The molecular formula is C30H50. The van der Waals surface area contributed by atoms with Crippen LogP contribution in [0.15, 0.2) is 61.4 Å². The van der Waals surface area contributed by atoms with Crippen molar-refractivity contribution >= 4 is 0 Å². The van der Waals surface area contributed by atoms with Crippen LogP contribution < -0.4 is 0 Å². The molecule has 0 aliphatic heterocycles. The van der Waals surface area contributed by atoms with Crippen LogP contribution in [0.3, 0.4) is 0 Å². The van der Waals surface area contributed by atoms with Gasteiger partial charge in [0.2, 0.25) is 0 Å². The average Bonchev–Trinajstić information content (AvgIpc) is 2.68. The number of allylic oxidation sites excluding steroid dienone is 1. The molecular weight excluding hydrogens is 360 g/mol. The van der Waals surface area contributed by atoms with Crippen LogP contribution in [-0.4, -0.2) is 0 Å². The lowest BCUT2D eigenvalue weighted by atomic mass is 9.96. The normalized spacial score (nSPS) is 7.77. The third-order valence-electron chi connectivity index (χ3n) is 3.91. The Kier molecular flexibility index (Phi) is 26.9. The van der Waals surface area contributed by atoms with E-state index in [1.165, 1.54) is 44.5 Å². The van der Waals surface area contributed by atoms with E-state index in [4.69, 9.17) is 0 Å². The van der Waals surface area contributed by atoms with Gasteiger partial charge in [0.15, 0.2) is 0 Å². The Balaban J connectivity index is -0.000000156. The van der Waals surface area contributed by atoms with Crippen LogP contribution in [-0.2, 0) is 0 Å². The molecule has 0 heterocycles. The molecule has 0 fully saturated rings. The van der Waals surface area contributed by atoms with Crippen molar-refractivity contribution in [3.8, 4) is 0 Å². The zero-order chi connectivity index (χ0) is 24.9. The number of aryl methyl sites for hydroxylation is 4. The van der Waals surface area contributed by atoms with Gasteiger partial charge in [0, 0.05) is 0 Å². The van der Waals surface area contributed by atoms with E-state index in [9.17, 15) is 0 Å². The fraction of sp³-hybridized carbons (Fsp3) is 0.433. The van der Waals surface area contributed by atoms with Gasteiger partial charge in [-0.25, -0.2) is 0 Å². The third kappa shape index (κ3) is 20.4. The van der Waals surface area contributed by atoms with Gasteiger partial charge in [-0.05, 0) is 90.1 Å². The summed E-state index contributed by atoms with van der Waals surface area (Å²) in [5.74, 6) is 0. The van der Waals surface area contributed by atoms with Gasteiger partial charge >= 0.3 is 0 Å². The summed E-state index contributed by atoms with van der Waals surface area (Å²) in [4.78, 5) is 0. The van der Waals surface area contributed by atoms with Crippen LogP contribution in [0.25, 0.3) is 0 Å². The fourth-order valence-electron chi connectivity index (χ4n) is 2.22. The second-order valence-corrected chi connectivity index (χ2v) is 7.00. The molecule has 0 radical (unpaired) electrons. The summed E-state index contributed by atoms with van der Waals surface area (Å²) in [7, 11) is 0. The minimum Gasteiger partial charge on any atom is -0.137 e. The Morgan fingerprint density at radius 3 is 1.10 bits per heavy atom. The molecule has 0 atom stereocenters. The third-order valence-corrected chi connectivity index (χ3v) is 3.91. The van der Waals surface area contributed by atoms with E-state index in [2.05, 4.69) is 104 Å². The predicted molar refractivity (Wildman–Crippen MR) is 144 cm³/mol. The van der Waals surface area contributed by atoms with E-state index < -0.39 is 0 Å². The summed E-state index contributed by atoms with van der Waals surface area (Å²) >= 11 is 0. The lowest BCUT2D eigenvalue weighted by Crippen LogP contribution is -1.93. The van der Waals surface area contributed by atoms with E-state index in [-0.39, 0.29) is 0 Å². The second kappa shape index (κ2) is 23.0. The first kappa shape index (κ1) is 35.2. The highest BCUT2D eigenvalue weighted by atomic mass is 14.1. The highest BCUT2D eigenvalue weighted by Crippen LogP contribution is 2.19. The molecule has 30 heavy (non-hydrogen) atoms. The molecule has 0 nitrogen and oxygen atoms in total. The topological polar surface area (TPSA) is 0 Å². The Bertz CT molecular complexity index is 676. The summed E-state index contributed by atoms with van der Waals surface area (Å²) < 4.78 is 0. The van der Waals surface area contributed by atoms with Gasteiger partial charge in [0.25, 0.3) is 0 Å².